The first-order chi connectivity index (χ1) is 11.0. The third-order valence-corrected chi connectivity index (χ3v) is 4.08. The van der Waals surface area contributed by atoms with Crippen LogP contribution in [0.15, 0.2) is 23.0 Å². The van der Waals surface area contributed by atoms with Gasteiger partial charge >= 0.3 is 0 Å². The molecule has 1 heterocycles. The molecule has 1 unspecified atom stereocenters. The molecule has 2 N–H and O–H groups in total. The summed E-state index contributed by atoms with van der Waals surface area (Å²) in [6.07, 6.45) is 0.853. The Morgan fingerprint density at radius 2 is 2.22 bits per heavy atom. The molecule has 1 aromatic carbocycles. The second-order valence-electron chi connectivity index (χ2n) is 5.42. The van der Waals surface area contributed by atoms with Crippen molar-refractivity contribution >= 4 is 29.0 Å². The molecule has 0 radical (unpaired) electrons. The molecule has 1 aromatic heterocycles. The van der Waals surface area contributed by atoms with Crippen LogP contribution in [0.4, 0.5) is 0 Å². The van der Waals surface area contributed by atoms with Gasteiger partial charge in [0.25, 0.3) is 11.5 Å². The van der Waals surface area contributed by atoms with Gasteiger partial charge in [-0.2, -0.15) is 0 Å². The van der Waals surface area contributed by atoms with E-state index < -0.39 is 0 Å². The van der Waals surface area contributed by atoms with Gasteiger partial charge in [0.05, 0.1) is 24.1 Å². The van der Waals surface area contributed by atoms with E-state index in [-0.39, 0.29) is 17.5 Å². The van der Waals surface area contributed by atoms with Crippen LogP contribution in [0.2, 0.25) is 0 Å². The molecule has 124 valence electrons. The van der Waals surface area contributed by atoms with E-state index in [1.54, 1.807) is 25.3 Å². The highest BCUT2D eigenvalue weighted by Crippen LogP contribution is 2.11. The zero-order valence-corrected chi connectivity index (χ0v) is 14.3. The Kier molecular flexibility index (Phi) is 5.68. The lowest BCUT2D eigenvalue weighted by Crippen LogP contribution is -2.32. The fraction of sp³-hybridized carbons (Fsp3) is 0.438. The lowest BCUT2D eigenvalue weighted by molar-refractivity contribution is 0.0939. The number of nitrogens with zero attached hydrogens (tertiary/aromatic N) is 1. The van der Waals surface area contributed by atoms with Gasteiger partial charge in [0.1, 0.15) is 0 Å². The summed E-state index contributed by atoms with van der Waals surface area (Å²) in [5.41, 5.74) is 0.873. The van der Waals surface area contributed by atoms with Crippen molar-refractivity contribution in [2.24, 2.45) is 0 Å². The van der Waals surface area contributed by atoms with E-state index in [9.17, 15) is 9.59 Å². The van der Waals surface area contributed by atoms with Gasteiger partial charge in [-0.05, 0) is 43.8 Å². The predicted molar refractivity (Wildman–Crippen MR) is 92.5 cm³/mol. The summed E-state index contributed by atoms with van der Waals surface area (Å²) in [5, 5.41) is 3.40. The quantitative estimate of drug-likeness (QED) is 0.794. The number of aromatic nitrogens is 2. The van der Waals surface area contributed by atoms with E-state index in [1.165, 1.54) is 4.57 Å². The van der Waals surface area contributed by atoms with Gasteiger partial charge in [-0.25, -0.2) is 0 Å². The summed E-state index contributed by atoms with van der Waals surface area (Å²) < 4.78 is 6.77. The lowest BCUT2D eigenvalue weighted by Gasteiger charge is -2.12. The Hall–Kier alpha value is -1.99. The maximum atomic E-state index is 12.5. The molecule has 1 amide bonds. The van der Waals surface area contributed by atoms with Gasteiger partial charge in [0.15, 0.2) is 4.77 Å². The molecule has 0 bridgehead atoms. The molecule has 23 heavy (non-hydrogen) atoms. The second kappa shape index (κ2) is 7.52. The number of H-pyrrole nitrogens is 1. The normalized spacial score (nSPS) is 12.3. The maximum Gasteiger partial charge on any atom is 0.262 e. The van der Waals surface area contributed by atoms with Crippen LogP contribution < -0.4 is 10.9 Å². The summed E-state index contributed by atoms with van der Waals surface area (Å²) >= 11 is 5.23. The van der Waals surface area contributed by atoms with E-state index in [0.717, 1.165) is 6.42 Å². The maximum absolute atomic E-state index is 12.5. The van der Waals surface area contributed by atoms with Crippen LogP contribution in [0.25, 0.3) is 10.9 Å². The van der Waals surface area contributed by atoms with Crippen molar-refractivity contribution in [1.29, 1.82) is 0 Å². The Morgan fingerprint density at radius 1 is 1.48 bits per heavy atom. The highest BCUT2D eigenvalue weighted by atomic mass is 32.1. The van der Waals surface area contributed by atoms with E-state index in [4.69, 9.17) is 17.0 Å². The van der Waals surface area contributed by atoms with Crippen molar-refractivity contribution in [3.05, 3.63) is 38.9 Å². The van der Waals surface area contributed by atoms with Crippen LogP contribution >= 0.6 is 12.2 Å². The van der Waals surface area contributed by atoms with Crippen molar-refractivity contribution in [3.8, 4) is 0 Å². The van der Waals surface area contributed by atoms with Crippen LogP contribution in [0, 0.1) is 4.77 Å². The Morgan fingerprint density at radius 3 is 2.87 bits per heavy atom. The number of fused-ring (bicyclic) bond motifs is 1. The molecule has 0 aliphatic rings. The van der Waals surface area contributed by atoms with Crippen LogP contribution in [-0.4, -0.2) is 35.2 Å². The smallest absolute Gasteiger partial charge is 0.262 e. The first kappa shape index (κ1) is 17.4. The Bertz CT molecular complexity index is 825. The first-order valence-corrected chi connectivity index (χ1v) is 7.95. The minimum atomic E-state index is -0.185. The van der Waals surface area contributed by atoms with Gasteiger partial charge in [0, 0.05) is 18.7 Å². The number of benzene rings is 1. The number of ether oxygens (including phenoxy) is 1. The van der Waals surface area contributed by atoms with Gasteiger partial charge in [0.2, 0.25) is 0 Å². The number of aromatic amines is 1. The number of amides is 1. The average molecular weight is 335 g/mol. The molecule has 0 aliphatic carbocycles. The number of rotatable bonds is 6. The summed E-state index contributed by atoms with van der Waals surface area (Å²) in [6.45, 7) is 4.74. The summed E-state index contributed by atoms with van der Waals surface area (Å²) in [7, 11) is 1.57. The van der Waals surface area contributed by atoms with Gasteiger partial charge < -0.3 is 15.0 Å². The highest BCUT2D eigenvalue weighted by Gasteiger charge is 2.11. The molecule has 0 fully saturated rings. The molecule has 2 aromatic rings. The number of carbonyl (C=O) groups is 1. The average Bonchev–Trinajstić information content (AvgIpc) is 2.53. The first-order valence-electron chi connectivity index (χ1n) is 7.54. The van der Waals surface area contributed by atoms with Crippen molar-refractivity contribution in [3.63, 3.8) is 0 Å². The largest absolute Gasteiger partial charge is 0.383 e. The van der Waals surface area contributed by atoms with Crippen molar-refractivity contribution in [2.45, 2.75) is 32.9 Å². The summed E-state index contributed by atoms with van der Waals surface area (Å²) in [5.74, 6) is -0.163. The minimum Gasteiger partial charge on any atom is -0.383 e. The molecular weight excluding hydrogens is 314 g/mol. The second-order valence-corrected chi connectivity index (χ2v) is 5.81. The highest BCUT2D eigenvalue weighted by molar-refractivity contribution is 7.71. The minimum absolute atomic E-state index is 0.0961. The van der Waals surface area contributed by atoms with Crippen LogP contribution in [0.1, 0.15) is 30.6 Å². The van der Waals surface area contributed by atoms with Crippen molar-refractivity contribution < 1.29 is 9.53 Å². The predicted octanol–water partition coefficient (Wildman–Crippen LogP) is 2.23. The van der Waals surface area contributed by atoms with E-state index in [1.807, 2.05) is 13.8 Å². The standard InChI is InChI=1S/C16H21N3O3S/c1-4-10(2)17-14(20)11-5-6-12-13(9-11)18-16(23)19(15(12)21)7-8-22-3/h5-6,9-10H,4,7-8H2,1-3H3,(H,17,20)(H,18,23). The zero-order chi connectivity index (χ0) is 17.0. The van der Waals surface area contributed by atoms with Gasteiger partial charge in [-0.1, -0.05) is 6.92 Å². The van der Waals surface area contributed by atoms with E-state index in [0.29, 0.717) is 34.4 Å². The number of hydrogen-bond donors (Lipinski definition) is 2. The number of hydrogen-bond acceptors (Lipinski definition) is 4. The molecule has 2 rings (SSSR count). The van der Waals surface area contributed by atoms with Crippen molar-refractivity contribution in [1.82, 2.24) is 14.9 Å². The topological polar surface area (TPSA) is 76.1 Å². The molecule has 1 atom stereocenters. The molecule has 0 aliphatic heterocycles. The van der Waals surface area contributed by atoms with Crippen LogP contribution in [-0.2, 0) is 11.3 Å². The third kappa shape index (κ3) is 3.86. The fourth-order valence-corrected chi connectivity index (χ4v) is 2.47. The number of methoxy groups -OCH3 is 1. The SMILES string of the molecule is CCC(C)NC(=O)c1ccc2c(=O)n(CCOC)c(=S)[nH]c2c1. The van der Waals surface area contributed by atoms with Gasteiger partial charge in [-0.15, -0.1) is 0 Å². The van der Waals surface area contributed by atoms with Crippen molar-refractivity contribution in [2.75, 3.05) is 13.7 Å². The monoisotopic (exact) mass is 335 g/mol. The molecule has 6 nitrogen and oxygen atoms in total. The number of carbonyl (C=O) groups excluding carboxylic acids is 1. The molecular formula is C16H21N3O3S. The van der Waals surface area contributed by atoms with E-state index in [2.05, 4.69) is 10.3 Å². The summed E-state index contributed by atoms with van der Waals surface area (Å²) in [4.78, 5) is 27.7. The third-order valence-electron chi connectivity index (χ3n) is 3.75. The molecule has 7 heteroatoms. The fourth-order valence-electron chi connectivity index (χ4n) is 2.19. The molecule has 0 saturated carbocycles. The lowest BCUT2D eigenvalue weighted by atomic mass is 10.1. The van der Waals surface area contributed by atoms with Gasteiger partial charge in [-0.3, -0.25) is 14.2 Å². The zero-order valence-electron chi connectivity index (χ0n) is 13.5. The Labute approximate surface area is 139 Å². The molecule has 0 saturated heterocycles. The molecule has 0 spiro atoms. The van der Waals surface area contributed by atoms with Crippen LogP contribution in [0.3, 0.4) is 0 Å². The summed E-state index contributed by atoms with van der Waals surface area (Å²) in [6, 6.07) is 5.06. The Balaban J connectivity index is 2.43. The van der Waals surface area contributed by atoms with E-state index >= 15 is 0 Å². The number of nitrogens with one attached hydrogen (secondary N) is 2. The van der Waals surface area contributed by atoms with Crippen LogP contribution in [0.5, 0.6) is 0 Å².